The fourth-order valence-corrected chi connectivity index (χ4v) is 5.03. The van der Waals surface area contributed by atoms with E-state index in [0.29, 0.717) is 11.4 Å². The Labute approximate surface area is 195 Å². The summed E-state index contributed by atoms with van der Waals surface area (Å²) in [4.78, 5) is 33.3. The van der Waals surface area contributed by atoms with Crippen LogP contribution in [0.25, 0.3) is 21.3 Å². The Morgan fingerprint density at radius 3 is 2.35 bits per heavy atom. The van der Waals surface area contributed by atoms with Crippen molar-refractivity contribution >= 4 is 72.4 Å². The van der Waals surface area contributed by atoms with Crippen molar-refractivity contribution in [2.45, 2.75) is 11.9 Å². The minimum atomic E-state index is -0.139. The van der Waals surface area contributed by atoms with Crippen molar-refractivity contribution < 1.29 is 9.59 Å². The average molecular weight is 513 g/mol. The number of benzene rings is 2. The van der Waals surface area contributed by atoms with Crippen LogP contribution in [0.4, 0.5) is 11.4 Å². The largest absolute Gasteiger partial charge is 0.326 e. The van der Waals surface area contributed by atoms with Crippen molar-refractivity contribution in [3.8, 4) is 11.1 Å². The van der Waals surface area contributed by atoms with E-state index < -0.39 is 0 Å². The SMILES string of the molecule is CC(=O)Nc1ccc(NC(=O)CSc2ncnc3scc(-c4ccc(Br)cc4)c23)cc1. The van der Waals surface area contributed by atoms with Crippen molar-refractivity contribution in [1.29, 1.82) is 0 Å². The highest BCUT2D eigenvalue weighted by Gasteiger charge is 2.15. The standard InChI is InChI=1S/C22H17BrN4O2S2/c1-13(28)26-16-6-8-17(9-7-16)27-19(29)11-31-22-20-18(10-30-21(20)24-12-25-22)14-2-4-15(23)5-3-14/h2-10,12H,11H2,1H3,(H,26,28)(H,27,29). The maximum absolute atomic E-state index is 12.5. The van der Waals surface area contributed by atoms with Gasteiger partial charge in [-0.3, -0.25) is 9.59 Å². The van der Waals surface area contributed by atoms with Gasteiger partial charge in [0.2, 0.25) is 11.8 Å². The van der Waals surface area contributed by atoms with Crippen LogP contribution in [0.5, 0.6) is 0 Å². The van der Waals surface area contributed by atoms with Gasteiger partial charge < -0.3 is 10.6 Å². The quantitative estimate of drug-likeness (QED) is 0.251. The number of carbonyl (C=O) groups excluding carboxylic acids is 2. The number of thiophene rings is 1. The molecular weight excluding hydrogens is 496 g/mol. The van der Waals surface area contributed by atoms with E-state index in [-0.39, 0.29) is 17.6 Å². The molecule has 2 aromatic carbocycles. The van der Waals surface area contributed by atoms with Crippen LogP contribution in [0.15, 0.2) is 69.7 Å². The van der Waals surface area contributed by atoms with E-state index in [9.17, 15) is 9.59 Å². The zero-order valence-corrected chi connectivity index (χ0v) is 19.6. The van der Waals surface area contributed by atoms with E-state index in [1.807, 2.05) is 24.3 Å². The van der Waals surface area contributed by atoms with Gasteiger partial charge in [-0.2, -0.15) is 0 Å². The third-order valence-electron chi connectivity index (χ3n) is 4.32. The zero-order chi connectivity index (χ0) is 21.8. The average Bonchev–Trinajstić information content (AvgIpc) is 3.19. The summed E-state index contributed by atoms with van der Waals surface area (Å²) in [5.41, 5.74) is 3.49. The molecule has 0 unspecified atom stereocenters. The topological polar surface area (TPSA) is 84.0 Å². The van der Waals surface area contributed by atoms with Gasteiger partial charge >= 0.3 is 0 Å². The van der Waals surface area contributed by atoms with Gasteiger partial charge in [-0.1, -0.05) is 39.8 Å². The summed E-state index contributed by atoms with van der Waals surface area (Å²) in [6.45, 7) is 1.45. The Morgan fingerprint density at radius 2 is 1.68 bits per heavy atom. The van der Waals surface area contributed by atoms with E-state index >= 15 is 0 Å². The van der Waals surface area contributed by atoms with E-state index in [1.165, 1.54) is 25.0 Å². The van der Waals surface area contributed by atoms with Gasteiger partial charge in [-0.15, -0.1) is 11.3 Å². The molecule has 0 aliphatic heterocycles. The lowest BCUT2D eigenvalue weighted by Gasteiger charge is -2.08. The number of halogens is 1. The smallest absolute Gasteiger partial charge is 0.234 e. The summed E-state index contributed by atoms with van der Waals surface area (Å²) in [6, 6.07) is 15.1. The summed E-state index contributed by atoms with van der Waals surface area (Å²) < 4.78 is 1.02. The van der Waals surface area contributed by atoms with Crippen molar-refractivity contribution in [2.75, 3.05) is 16.4 Å². The van der Waals surface area contributed by atoms with Gasteiger partial charge in [0.05, 0.1) is 11.1 Å². The first-order valence-corrected chi connectivity index (χ1v) is 11.9. The summed E-state index contributed by atoms with van der Waals surface area (Å²) >= 11 is 6.41. The molecule has 0 aliphatic carbocycles. The van der Waals surface area contributed by atoms with Gasteiger partial charge in [0.15, 0.2) is 0 Å². The first kappa shape index (κ1) is 21.5. The van der Waals surface area contributed by atoms with Crippen LogP contribution >= 0.6 is 39.0 Å². The highest BCUT2D eigenvalue weighted by Crippen LogP contribution is 2.38. The first-order chi connectivity index (χ1) is 15.0. The fraction of sp³-hybridized carbons (Fsp3) is 0.0909. The maximum Gasteiger partial charge on any atom is 0.234 e. The minimum Gasteiger partial charge on any atom is -0.326 e. The highest BCUT2D eigenvalue weighted by atomic mass is 79.9. The molecule has 156 valence electrons. The number of nitrogens with zero attached hydrogens (tertiary/aromatic N) is 2. The zero-order valence-electron chi connectivity index (χ0n) is 16.4. The predicted molar refractivity (Wildman–Crippen MR) is 131 cm³/mol. The number of anilines is 2. The van der Waals surface area contributed by atoms with Crippen molar-refractivity contribution in [1.82, 2.24) is 9.97 Å². The number of amides is 2. The summed E-state index contributed by atoms with van der Waals surface area (Å²) in [5, 5.41) is 9.38. The molecule has 0 aliphatic rings. The number of hydrogen-bond acceptors (Lipinski definition) is 6. The fourth-order valence-electron chi connectivity index (χ4n) is 2.97. The molecule has 2 N–H and O–H groups in total. The summed E-state index contributed by atoms with van der Waals surface area (Å²) in [6.07, 6.45) is 1.53. The van der Waals surface area contributed by atoms with Crippen LogP contribution < -0.4 is 10.6 Å². The lowest BCUT2D eigenvalue weighted by Crippen LogP contribution is -2.14. The van der Waals surface area contributed by atoms with Gasteiger partial charge in [-0.05, 0) is 42.0 Å². The number of aromatic nitrogens is 2. The van der Waals surface area contributed by atoms with Gasteiger partial charge in [-0.25, -0.2) is 9.97 Å². The van der Waals surface area contributed by atoms with Crippen LogP contribution in [-0.2, 0) is 9.59 Å². The number of hydrogen-bond donors (Lipinski definition) is 2. The molecule has 2 amide bonds. The van der Waals surface area contributed by atoms with Crippen LogP contribution in [-0.4, -0.2) is 27.5 Å². The Hall–Kier alpha value is -2.75. The number of thioether (sulfide) groups is 1. The molecule has 0 saturated heterocycles. The lowest BCUT2D eigenvalue weighted by atomic mass is 10.1. The second-order valence-electron chi connectivity index (χ2n) is 6.61. The molecule has 0 fully saturated rings. The Morgan fingerprint density at radius 1 is 1.00 bits per heavy atom. The minimum absolute atomic E-state index is 0.135. The molecule has 4 rings (SSSR count). The predicted octanol–water partition coefficient (Wildman–Crippen LogP) is 5.81. The maximum atomic E-state index is 12.5. The Bertz CT molecular complexity index is 1240. The molecule has 9 heteroatoms. The van der Waals surface area contributed by atoms with E-state index in [0.717, 1.165) is 30.8 Å². The molecule has 0 spiro atoms. The Kier molecular flexibility index (Phi) is 6.64. The Balaban J connectivity index is 1.47. The van der Waals surface area contributed by atoms with Crippen LogP contribution in [0.1, 0.15) is 6.92 Å². The number of nitrogens with one attached hydrogen (secondary N) is 2. The van der Waals surface area contributed by atoms with Gasteiger partial charge in [0, 0.05) is 33.7 Å². The second-order valence-corrected chi connectivity index (χ2v) is 9.35. The van der Waals surface area contributed by atoms with Crippen molar-refractivity contribution in [3.05, 3.63) is 64.7 Å². The molecule has 0 bridgehead atoms. The van der Waals surface area contributed by atoms with E-state index in [2.05, 4.69) is 41.9 Å². The summed E-state index contributed by atoms with van der Waals surface area (Å²) in [5.74, 6) is -0.0559. The third-order valence-corrected chi connectivity index (χ3v) is 6.72. The van der Waals surface area contributed by atoms with Gasteiger partial charge in [0.25, 0.3) is 0 Å². The van der Waals surface area contributed by atoms with Crippen LogP contribution in [0.3, 0.4) is 0 Å². The molecule has 0 radical (unpaired) electrons. The number of rotatable bonds is 6. The number of carbonyl (C=O) groups is 2. The molecule has 2 heterocycles. The molecule has 0 saturated carbocycles. The highest BCUT2D eigenvalue weighted by molar-refractivity contribution is 9.10. The van der Waals surface area contributed by atoms with Gasteiger partial charge in [0.1, 0.15) is 16.2 Å². The van der Waals surface area contributed by atoms with E-state index in [1.54, 1.807) is 35.6 Å². The van der Waals surface area contributed by atoms with Crippen LogP contribution in [0.2, 0.25) is 0 Å². The van der Waals surface area contributed by atoms with Crippen molar-refractivity contribution in [3.63, 3.8) is 0 Å². The first-order valence-electron chi connectivity index (χ1n) is 9.28. The monoisotopic (exact) mass is 512 g/mol. The molecule has 6 nitrogen and oxygen atoms in total. The molecule has 2 aromatic heterocycles. The normalized spacial score (nSPS) is 10.8. The molecular formula is C22H17BrN4O2S2. The van der Waals surface area contributed by atoms with E-state index in [4.69, 9.17) is 0 Å². The number of fused-ring (bicyclic) bond motifs is 1. The molecule has 4 aromatic rings. The van der Waals surface area contributed by atoms with Crippen molar-refractivity contribution in [2.24, 2.45) is 0 Å². The van der Waals surface area contributed by atoms with Crippen LogP contribution in [0, 0.1) is 0 Å². The second kappa shape index (κ2) is 9.59. The summed E-state index contributed by atoms with van der Waals surface area (Å²) in [7, 11) is 0. The molecule has 0 atom stereocenters. The molecule has 31 heavy (non-hydrogen) atoms. The third kappa shape index (κ3) is 5.30. The lowest BCUT2D eigenvalue weighted by molar-refractivity contribution is -0.114.